The molecule has 18 heavy (non-hydrogen) atoms. The van der Waals surface area contributed by atoms with Crippen molar-refractivity contribution in [3.8, 4) is 0 Å². The summed E-state index contributed by atoms with van der Waals surface area (Å²) in [4.78, 5) is 15.4. The maximum atomic E-state index is 11.6. The predicted octanol–water partition coefficient (Wildman–Crippen LogP) is 3.47. The van der Waals surface area contributed by atoms with Gasteiger partial charge in [0.1, 0.15) is 0 Å². The first-order chi connectivity index (χ1) is 8.78. The average Bonchev–Trinajstić information content (AvgIpc) is 2.99. The van der Waals surface area contributed by atoms with Crippen LogP contribution in [0.5, 0.6) is 0 Å². The van der Waals surface area contributed by atoms with Crippen molar-refractivity contribution in [2.45, 2.75) is 45.6 Å². The molecule has 2 heterocycles. The molecule has 3 nitrogen and oxygen atoms in total. The first-order valence-corrected chi connectivity index (χ1v) is 7.70. The fraction of sp³-hybridized carbons (Fsp3) is 0.643. The van der Waals surface area contributed by atoms with Crippen LogP contribution in [-0.4, -0.2) is 23.9 Å². The minimum absolute atomic E-state index is 0.145. The number of hydrogen-bond acceptors (Lipinski definition) is 3. The first kappa shape index (κ1) is 13.6. The van der Waals surface area contributed by atoms with Gasteiger partial charge in [0.05, 0.1) is 5.00 Å². The fourth-order valence-electron chi connectivity index (χ4n) is 2.23. The van der Waals surface area contributed by atoms with E-state index in [2.05, 4.69) is 23.2 Å². The Morgan fingerprint density at radius 3 is 2.89 bits per heavy atom. The molecular formula is C14H22N2OS. The van der Waals surface area contributed by atoms with Gasteiger partial charge in [-0.05, 0) is 44.5 Å². The van der Waals surface area contributed by atoms with E-state index >= 15 is 0 Å². The van der Waals surface area contributed by atoms with Gasteiger partial charge in [0, 0.05) is 17.8 Å². The lowest BCUT2D eigenvalue weighted by atomic mass is 10.2. The largest absolute Gasteiger partial charge is 0.318 e. The maximum absolute atomic E-state index is 11.6. The Labute approximate surface area is 113 Å². The Bertz CT molecular complexity index is 383. The summed E-state index contributed by atoms with van der Waals surface area (Å²) in [5.74, 6) is 0.145. The van der Waals surface area contributed by atoms with Crippen molar-refractivity contribution in [2.24, 2.45) is 0 Å². The molecule has 1 fully saturated rings. The molecule has 0 bridgehead atoms. The Kier molecular flexibility index (Phi) is 5.20. The molecule has 0 radical (unpaired) electrons. The summed E-state index contributed by atoms with van der Waals surface area (Å²) in [5, 5.41) is 3.97. The number of anilines is 1. The minimum Gasteiger partial charge on any atom is -0.318 e. The minimum atomic E-state index is 0.145. The number of carbonyl (C=O) groups excluding carboxylic acids is 1. The summed E-state index contributed by atoms with van der Waals surface area (Å²) < 4.78 is 0. The van der Waals surface area contributed by atoms with Gasteiger partial charge in [0.2, 0.25) is 5.91 Å². The number of carbonyl (C=O) groups is 1. The summed E-state index contributed by atoms with van der Waals surface area (Å²) in [7, 11) is 0. The number of rotatable bonds is 6. The van der Waals surface area contributed by atoms with Crippen molar-refractivity contribution in [1.82, 2.24) is 4.90 Å². The van der Waals surface area contributed by atoms with Crippen LogP contribution in [0.2, 0.25) is 0 Å². The highest BCUT2D eigenvalue weighted by Crippen LogP contribution is 2.24. The van der Waals surface area contributed by atoms with Crippen molar-refractivity contribution < 1.29 is 4.79 Å². The van der Waals surface area contributed by atoms with Crippen molar-refractivity contribution in [1.29, 1.82) is 0 Å². The number of amides is 1. The lowest BCUT2D eigenvalue weighted by Crippen LogP contribution is -2.17. The van der Waals surface area contributed by atoms with Crippen LogP contribution in [0.25, 0.3) is 0 Å². The molecule has 0 unspecified atom stereocenters. The van der Waals surface area contributed by atoms with Crippen LogP contribution in [0.1, 0.15) is 43.9 Å². The van der Waals surface area contributed by atoms with Crippen molar-refractivity contribution >= 4 is 22.2 Å². The van der Waals surface area contributed by atoms with E-state index in [0.717, 1.165) is 24.4 Å². The van der Waals surface area contributed by atoms with Crippen molar-refractivity contribution in [3.05, 3.63) is 17.0 Å². The number of nitrogens with one attached hydrogen (secondary N) is 1. The Hall–Kier alpha value is -0.870. The summed E-state index contributed by atoms with van der Waals surface area (Å²) in [6.45, 7) is 5.58. The van der Waals surface area contributed by atoms with Crippen LogP contribution < -0.4 is 5.32 Å². The van der Waals surface area contributed by atoms with E-state index in [1.165, 1.54) is 30.8 Å². The van der Waals surface area contributed by atoms with Gasteiger partial charge in [0.25, 0.3) is 0 Å². The molecule has 100 valence electrons. The first-order valence-electron chi connectivity index (χ1n) is 6.89. The second-order valence-corrected chi connectivity index (χ2v) is 6.07. The predicted molar refractivity (Wildman–Crippen MR) is 77.0 cm³/mol. The summed E-state index contributed by atoms with van der Waals surface area (Å²) >= 11 is 1.71. The third-order valence-electron chi connectivity index (χ3n) is 3.26. The molecule has 1 aliphatic rings. The maximum Gasteiger partial charge on any atom is 0.224 e. The number of unbranched alkanes of at least 4 members (excludes halogenated alkanes) is 1. The quantitative estimate of drug-likeness (QED) is 0.855. The molecule has 0 atom stereocenters. The lowest BCUT2D eigenvalue weighted by Gasteiger charge is -2.12. The summed E-state index contributed by atoms with van der Waals surface area (Å²) in [6.07, 6.45) is 5.32. The molecule has 0 aromatic carbocycles. The molecule has 0 spiro atoms. The van der Waals surface area contributed by atoms with Gasteiger partial charge < -0.3 is 5.32 Å². The monoisotopic (exact) mass is 266 g/mol. The molecule has 1 N–H and O–H groups in total. The molecule has 1 aromatic rings. The highest BCUT2D eigenvalue weighted by Gasteiger charge is 2.13. The van der Waals surface area contributed by atoms with Crippen LogP contribution in [0, 0.1) is 0 Å². The van der Waals surface area contributed by atoms with E-state index < -0.39 is 0 Å². The van der Waals surface area contributed by atoms with Gasteiger partial charge in [-0.3, -0.25) is 9.69 Å². The van der Waals surface area contributed by atoms with Gasteiger partial charge in [-0.1, -0.05) is 13.3 Å². The number of nitrogens with zero attached hydrogens (tertiary/aromatic N) is 1. The third kappa shape index (κ3) is 4.10. The van der Waals surface area contributed by atoms with Gasteiger partial charge in [-0.15, -0.1) is 11.3 Å². The molecule has 1 saturated heterocycles. The van der Waals surface area contributed by atoms with Gasteiger partial charge in [0.15, 0.2) is 0 Å². The molecule has 0 aliphatic carbocycles. The molecule has 1 aliphatic heterocycles. The van der Waals surface area contributed by atoms with Crippen LogP contribution in [0.3, 0.4) is 0 Å². The fourth-order valence-corrected chi connectivity index (χ4v) is 3.20. The van der Waals surface area contributed by atoms with E-state index in [4.69, 9.17) is 0 Å². The summed E-state index contributed by atoms with van der Waals surface area (Å²) in [6, 6.07) is 4.17. The zero-order valence-corrected chi connectivity index (χ0v) is 11.9. The summed E-state index contributed by atoms with van der Waals surface area (Å²) in [5.41, 5.74) is 0. The van der Waals surface area contributed by atoms with Crippen LogP contribution in [0.4, 0.5) is 5.00 Å². The van der Waals surface area contributed by atoms with E-state index in [9.17, 15) is 4.79 Å². The molecule has 2 rings (SSSR count). The lowest BCUT2D eigenvalue weighted by molar-refractivity contribution is -0.116. The second kappa shape index (κ2) is 6.90. The molecule has 1 amide bonds. The van der Waals surface area contributed by atoms with Gasteiger partial charge in [-0.2, -0.15) is 0 Å². The molecular weight excluding hydrogens is 244 g/mol. The standard InChI is InChI=1S/C14H22N2OS/c1-2-3-6-13(17)15-14-8-7-12(18-14)11-16-9-4-5-10-16/h7-8H,2-6,9-11H2,1H3,(H,15,17). The molecule has 4 heteroatoms. The second-order valence-electron chi connectivity index (χ2n) is 4.90. The van der Waals surface area contributed by atoms with E-state index in [-0.39, 0.29) is 5.91 Å². The number of thiophene rings is 1. The normalized spacial score (nSPS) is 16.1. The zero-order valence-electron chi connectivity index (χ0n) is 11.1. The number of likely N-dealkylation sites (tertiary alicyclic amines) is 1. The average molecular weight is 266 g/mol. The van der Waals surface area contributed by atoms with Crippen molar-refractivity contribution in [3.63, 3.8) is 0 Å². The molecule has 1 aromatic heterocycles. The van der Waals surface area contributed by atoms with E-state index in [1.54, 1.807) is 11.3 Å². The van der Waals surface area contributed by atoms with E-state index in [0.29, 0.717) is 6.42 Å². The van der Waals surface area contributed by atoms with Crippen LogP contribution in [0.15, 0.2) is 12.1 Å². The highest BCUT2D eigenvalue weighted by molar-refractivity contribution is 7.16. The molecule has 0 saturated carbocycles. The zero-order chi connectivity index (χ0) is 12.8. The smallest absolute Gasteiger partial charge is 0.224 e. The van der Waals surface area contributed by atoms with Gasteiger partial charge >= 0.3 is 0 Å². The van der Waals surface area contributed by atoms with Crippen LogP contribution >= 0.6 is 11.3 Å². The topological polar surface area (TPSA) is 32.3 Å². The Balaban J connectivity index is 1.79. The Morgan fingerprint density at radius 1 is 1.39 bits per heavy atom. The highest BCUT2D eigenvalue weighted by atomic mass is 32.1. The van der Waals surface area contributed by atoms with Crippen molar-refractivity contribution in [2.75, 3.05) is 18.4 Å². The Morgan fingerprint density at radius 2 is 2.17 bits per heavy atom. The van der Waals surface area contributed by atoms with Crippen LogP contribution in [-0.2, 0) is 11.3 Å². The van der Waals surface area contributed by atoms with E-state index in [1.807, 2.05) is 6.07 Å². The van der Waals surface area contributed by atoms with Gasteiger partial charge in [-0.25, -0.2) is 0 Å². The third-order valence-corrected chi connectivity index (χ3v) is 4.25. The number of hydrogen-bond donors (Lipinski definition) is 1. The SMILES string of the molecule is CCCCC(=O)Nc1ccc(CN2CCCC2)s1.